The largest absolute Gasteiger partial charge is 0.497 e. The number of ether oxygens (including phenoxy) is 1. The fourth-order valence-corrected chi connectivity index (χ4v) is 2.64. The van der Waals surface area contributed by atoms with Crippen LogP contribution in [0.25, 0.3) is 10.9 Å². The van der Waals surface area contributed by atoms with E-state index in [1.807, 2.05) is 48.5 Å². The highest BCUT2D eigenvalue weighted by atomic mass is 16.5. The summed E-state index contributed by atoms with van der Waals surface area (Å²) in [4.78, 5) is 15.9. The van der Waals surface area contributed by atoms with E-state index in [1.165, 1.54) is 5.56 Å². The number of hydrogen-bond acceptors (Lipinski definition) is 2. The van der Waals surface area contributed by atoms with Gasteiger partial charge in [0.2, 0.25) is 5.78 Å². The molecule has 0 saturated heterocycles. The van der Waals surface area contributed by atoms with Crippen LogP contribution in [0.15, 0.2) is 48.5 Å². The summed E-state index contributed by atoms with van der Waals surface area (Å²) >= 11 is 0. The van der Waals surface area contributed by atoms with E-state index >= 15 is 0 Å². The van der Waals surface area contributed by atoms with E-state index in [1.54, 1.807) is 7.11 Å². The minimum Gasteiger partial charge on any atom is -0.497 e. The molecule has 1 N–H and O–H groups in total. The number of aromatic amines is 1. The SMILES string of the molecule is COc1ccc2[nH]c(C(=O)c3ccc(C(C)(C)C)cc3)cc2c1. The highest BCUT2D eigenvalue weighted by Crippen LogP contribution is 2.25. The lowest BCUT2D eigenvalue weighted by molar-refractivity contribution is 0.103. The highest BCUT2D eigenvalue weighted by Gasteiger charge is 2.16. The fraction of sp³-hybridized carbons (Fsp3) is 0.250. The van der Waals surface area contributed by atoms with Gasteiger partial charge in [-0.25, -0.2) is 0 Å². The third-order valence-electron chi connectivity index (χ3n) is 4.09. The monoisotopic (exact) mass is 307 g/mol. The Labute approximate surface area is 136 Å². The molecule has 0 bridgehead atoms. The number of H-pyrrole nitrogens is 1. The molecule has 118 valence electrons. The zero-order valence-corrected chi connectivity index (χ0v) is 13.9. The number of hydrogen-bond donors (Lipinski definition) is 1. The topological polar surface area (TPSA) is 42.1 Å². The Morgan fingerprint density at radius 3 is 2.30 bits per heavy atom. The molecular weight excluding hydrogens is 286 g/mol. The molecule has 0 amide bonds. The van der Waals surface area contributed by atoms with Gasteiger partial charge in [0.25, 0.3) is 0 Å². The van der Waals surface area contributed by atoms with Crippen molar-refractivity contribution in [3.63, 3.8) is 0 Å². The lowest BCUT2D eigenvalue weighted by Crippen LogP contribution is -2.11. The van der Waals surface area contributed by atoms with Crippen molar-refractivity contribution in [1.82, 2.24) is 4.98 Å². The summed E-state index contributed by atoms with van der Waals surface area (Å²) in [6.07, 6.45) is 0. The van der Waals surface area contributed by atoms with Crippen molar-refractivity contribution < 1.29 is 9.53 Å². The van der Waals surface area contributed by atoms with Crippen LogP contribution in [0.1, 0.15) is 42.4 Å². The molecule has 2 aromatic carbocycles. The first-order valence-electron chi connectivity index (χ1n) is 7.70. The van der Waals surface area contributed by atoms with Gasteiger partial charge in [-0.1, -0.05) is 45.0 Å². The molecule has 0 radical (unpaired) electrons. The van der Waals surface area contributed by atoms with Crippen LogP contribution in [0.3, 0.4) is 0 Å². The van der Waals surface area contributed by atoms with E-state index in [0.717, 1.165) is 16.7 Å². The Morgan fingerprint density at radius 2 is 1.70 bits per heavy atom. The van der Waals surface area contributed by atoms with E-state index in [0.29, 0.717) is 11.3 Å². The molecule has 3 heteroatoms. The third-order valence-corrected chi connectivity index (χ3v) is 4.09. The second-order valence-electron chi connectivity index (χ2n) is 6.79. The molecule has 0 fully saturated rings. The number of carbonyl (C=O) groups is 1. The first-order valence-corrected chi connectivity index (χ1v) is 7.70. The molecule has 0 saturated carbocycles. The van der Waals surface area contributed by atoms with Crippen LogP contribution in [0.4, 0.5) is 0 Å². The second-order valence-corrected chi connectivity index (χ2v) is 6.79. The second kappa shape index (κ2) is 5.58. The van der Waals surface area contributed by atoms with Crippen LogP contribution in [-0.4, -0.2) is 17.9 Å². The van der Waals surface area contributed by atoms with Crippen molar-refractivity contribution in [1.29, 1.82) is 0 Å². The van der Waals surface area contributed by atoms with Gasteiger partial charge in [0.15, 0.2) is 0 Å². The number of rotatable bonds is 3. The molecule has 3 nitrogen and oxygen atoms in total. The number of ketones is 1. The van der Waals surface area contributed by atoms with Crippen molar-refractivity contribution in [3.05, 3.63) is 65.4 Å². The standard InChI is InChI=1S/C20H21NO2/c1-20(2,3)15-7-5-13(6-8-15)19(22)18-12-14-11-16(23-4)9-10-17(14)21-18/h5-12,21H,1-4H3. The number of fused-ring (bicyclic) bond motifs is 1. The Balaban J connectivity index is 1.93. The van der Waals surface area contributed by atoms with Gasteiger partial charge < -0.3 is 9.72 Å². The lowest BCUT2D eigenvalue weighted by Gasteiger charge is -2.18. The molecule has 3 rings (SSSR count). The smallest absolute Gasteiger partial charge is 0.209 e. The summed E-state index contributed by atoms with van der Waals surface area (Å²) in [7, 11) is 1.64. The van der Waals surface area contributed by atoms with E-state index in [9.17, 15) is 4.79 Å². The zero-order valence-electron chi connectivity index (χ0n) is 13.9. The van der Waals surface area contributed by atoms with Crippen molar-refractivity contribution in [3.8, 4) is 5.75 Å². The summed E-state index contributed by atoms with van der Waals surface area (Å²) in [5.41, 5.74) is 3.52. The van der Waals surface area contributed by atoms with Crippen LogP contribution >= 0.6 is 0 Å². The van der Waals surface area contributed by atoms with Crippen LogP contribution in [-0.2, 0) is 5.41 Å². The maximum absolute atomic E-state index is 12.7. The zero-order chi connectivity index (χ0) is 16.6. The van der Waals surface area contributed by atoms with E-state index in [2.05, 4.69) is 25.8 Å². The van der Waals surface area contributed by atoms with E-state index < -0.39 is 0 Å². The number of aromatic nitrogens is 1. The maximum atomic E-state index is 12.7. The van der Waals surface area contributed by atoms with Crippen LogP contribution in [0.5, 0.6) is 5.75 Å². The van der Waals surface area contributed by atoms with Crippen molar-refractivity contribution >= 4 is 16.7 Å². The summed E-state index contributed by atoms with van der Waals surface area (Å²) in [5, 5.41) is 0.971. The predicted octanol–water partition coefficient (Wildman–Crippen LogP) is 4.71. The Morgan fingerprint density at radius 1 is 1.00 bits per heavy atom. The Bertz CT molecular complexity index is 851. The van der Waals surface area contributed by atoms with Gasteiger partial charge in [0.05, 0.1) is 12.8 Å². The number of carbonyl (C=O) groups excluding carboxylic acids is 1. The minimum atomic E-state index is 0.000580. The number of benzene rings is 2. The number of methoxy groups -OCH3 is 1. The quantitative estimate of drug-likeness (QED) is 0.712. The molecule has 0 aliphatic rings. The molecule has 0 spiro atoms. The molecule has 0 aliphatic carbocycles. The fourth-order valence-electron chi connectivity index (χ4n) is 2.64. The van der Waals surface area contributed by atoms with Gasteiger partial charge in [-0.2, -0.15) is 0 Å². The average Bonchev–Trinajstić information content (AvgIpc) is 2.96. The molecular formula is C20H21NO2. The predicted molar refractivity (Wildman–Crippen MR) is 93.4 cm³/mol. The van der Waals surface area contributed by atoms with Crippen molar-refractivity contribution in [2.45, 2.75) is 26.2 Å². The van der Waals surface area contributed by atoms with E-state index in [4.69, 9.17) is 4.74 Å². The normalized spacial score (nSPS) is 11.7. The summed E-state index contributed by atoms with van der Waals surface area (Å²) in [6.45, 7) is 6.48. The van der Waals surface area contributed by atoms with Gasteiger partial charge >= 0.3 is 0 Å². The summed E-state index contributed by atoms with van der Waals surface area (Å²) in [6, 6.07) is 15.4. The van der Waals surface area contributed by atoms with Gasteiger partial charge in [-0.15, -0.1) is 0 Å². The molecule has 3 aromatic rings. The van der Waals surface area contributed by atoms with Crippen LogP contribution < -0.4 is 4.74 Å². The summed E-state index contributed by atoms with van der Waals surface area (Å²) in [5.74, 6) is 0.783. The lowest BCUT2D eigenvalue weighted by atomic mass is 9.86. The van der Waals surface area contributed by atoms with Crippen molar-refractivity contribution in [2.75, 3.05) is 7.11 Å². The first-order chi connectivity index (χ1) is 10.9. The van der Waals surface area contributed by atoms with Gasteiger partial charge in [0, 0.05) is 16.5 Å². The first kappa shape index (κ1) is 15.3. The molecule has 23 heavy (non-hydrogen) atoms. The van der Waals surface area contributed by atoms with Gasteiger partial charge in [-0.3, -0.25) is 4.79 Å². The van der Waals surface area contributed by atoms with Crippen molar-refractivity contribution in [2.24, 2.45) is 0 Å². The van der Waals surface area contributed by atoms with Crippen LogP contribution in [0.2, 0.25) is 0 Å². The van der Waals surface area contributed by atoms with Crippen LogP contribution in [0, 0.1) is 0 Å². The Kier molecular flexibility index (Phi) is 3.72. The molecule has 1 heterocycles. The van der Waals surface area contributed by atoms with E-state index in [-0.39, 0.29) is 11.2 Å². The maximum Gasteiger partial charge on any atom is 0.209 e. The highest BCUT2D eigenvalue weighted by molar-refractivity contribution is 6.10. The molecule has 0 unspecified atom stereocenters. The third kappa shape index (κ3) is 3.00. The van der Waals surface area contributed by atoms with Gasteiger partial charge in [-0.05, 0) is 35.2 Å². The Hall–Kier alpha value is -2.55. The van der Waals surface area contributed by atoms with Gasteiger partial charge in [0.1, 0.15) is 5.75 Å². The molecule has 1 aromatic heterocycles. The molecule has 0 aliphatic heterocycles. The summed E-state index contributed by atoms with van der Waals surface area (Å²) < 4.78 is 5.22. The number of nitrogens with one attached hydrogen (secondary N) is 1. The molecule has 0 atom stereocenters. The minimum absolute atomic E-state index is 0.000580. The average molecular weight is 307 g/mol.